The monoisotopic (exact) mass is 345 g/mol. The van der Waals surface area contributed by atoms with Crippen LogP contribution >= 0.6 is 11.6 Å². The molecule has 1 heterocycles. The van der Waals surface area contributed by atoms with E-state index in [9.17, 15) is 18.0 Å². The summed E-state index contributed by atoms with van der Waals surface area (Å²) in [4.78, 5) is 24.6. The molecule has 0 aromatic heterocycles. The number of hydrogen-bond acceptors (Lipinski definition) is 4. The van der Waals surface area contributed by atoms with Crippen LogP contribution in [0.4, 0.5) is 0 Å². The number of likely N-dealkylation sites (tertiary alicyclic amines) is 1. The molecule has 1 N–H and O–H groups in total. The number of piperidine rings is 1. The second-order valence-electron chi connectivity index (χ2n) is 5.15. The number of sulfone groups is 1. The number of hydrogen-bond donors (Lipinski definition) is 1. The van der Waals surface area contributed by atoms with Crippen molar-refractivity contribution in [2.45, 2.75) is 30.2 Å². The molecule has 1 unspecified atom stereocenters. The molecule has 1 fully saturated rings. The summed E-state index contributed by atoms with van der Waals surface area (Å²) in [5.41, 5.74) is 0. The third-order valence-electron chi connectivity index (χ3n) is 3.59. The summed E-state index contributed by atoms with van der Waals surface area (Å²) in [7, 11) is -3.82. The molecule has 1 aliphatic rings. The number of halogens is 1. The van der Waals surface area contributed by atoms with Crippen molar-refractivity contribution < 1.29 is 23.1 Å². The van der Waals surface area contributed by atoms with Crippen LogP contribution in [0.1, 0.15) is 19.3 Å². The van der Waals surface area contributed by atoms with Crippen molar-refractivity contribution in [3.05, 3.63) is 29.3 Å². The highest BCUT2D eigenvalue weighted by Crippen LogP contribution is 2.20. The third kappa shape index (κ3) is 3.78. The molecule has 0 saturated carbocycles. The number of aliphatic carboxylic acids is 1. The lowest BCUT2D eigenvalue weighted by Gasteiger charge is -2.32. The molecule has 1 aliphatic heterocycles. The zero-order chi connectivity index (χ0) is 16.3. The van der Waals surface area contributed by atoms with E-state index in [4.69, 9.17) is 16.7 Å². The van der Waals surface area contributed by atoms with E-state index in [1.54, 1.807) is 0 Å². The van der Waals surface area contributed by atoms with Gasteiger partial charge in [-0.2, -0.15) is 0 Å². The van der Waals surface area contributed by atoms with Gasteiger partial charge in [0.25, 0.3) is 0 Å². The van der Waals surface area contributed by atoms with Gasteiger partial charge in [0.2, 0.25) is 5.91 Å². The highest BCUT2D eigenvalue weighted by atomic mass is 35.5. The zero-order valence-corrected chi connectivity index (χ0v) is 13.3. The molecule has 120 valence electrons. The fourth-order valence-corrected chi connectivity index (χ4v) is 3.79. The first-order valence-corrected chi connectivity index (χ1v) is 8.85. The molecular weight excluding hydrogens is 330 g/mol. The maximum absolute atomic E-state index is 12.2. The largest absolute Gasteiger partial charge is 0.480 e. The number of nitrogens with zero attached hydrogens (tertiary/aromatic N) is 1. The lowest BCUT2D eigenvalue weighted by Crippen LogP contribution is -2.49. The lowest BCUT2D eigenvalue weighted by molar-refractivity contribution is -0.151. The predicted octanol–water partition coefficient (Wildman–Crippen LogP) is 1.58. The van der Waals surface area contributed by atoms with E-state index in [1.165, 1.54) is 24.3 Å². The van der Waals surface area contributed by atoms with Crippen molar-refractivity contribution in [2.24, 2.45) is 0 Å². The molecule has 1 atom stereocenters. The Kier molecular flexibility index (Phi) is 5.08. The van der Waals surface area contributed by atoms with E-state index in [2.05, 4.69) is 0 Å². The lowest BCUT2D eigenvalue weighted by atomic mass is 10.0. The minimum Gasteiger partial charge on any atom is -0.480 e. The van der Waals surface area contributed by atoms with Gasteiger partial charge in [0.1, 0.15) is 11.8 Å². The first kappa shape index (κ1) is 16.8. The zero-order valence-electron chi connectivity index (χ0n) is 11.7. The first-order valence-electron chi connectivity index (χ1n) is 6.82. The minimum absolute atomic E-state index is 0.00543. The SMILES string of the molecule is O=C(O)C1CCCCN1C(=O)CS(=O)(=O)c1ccc(Cl)cc1. The van der Waals surface area contributed by atoms with Crippen molar-refractivity contribution in [2.75, 3.05) is 12.3 Å². The van der Waals surface area contributed by atoms with E-state index in [0.717, 1.165) is 4.90 Å². The van der Waals surface area contributed by atoms with Crippen molar-refractivity contribution in [3.63, 3.8) is 0 Å². The van der Waals surface area contributed by atoms with Crippen molar-refractivity contribution in [1.29, 1.82) is 0 Å². The van der Waals surface area contributed by atoms with Gasteiger partial charge in [-0.15, -0.1) is 0 Å². The van der Waals surface area contributed by atoms with Gasteiger partial charge in [-0.25, -0.2) is 13.2 Å². The Morgan fingerprint density at radius 3 is 2.45 bits per heavy atom. The van der Waals surface area contributed by atoms with Crippen LogP contribution in [-0.2, 0) is 19.4 Å². The van der Waals surface area contributed by atoms with E-state index in [0.29, 0.717) is 24.3 Å². The fraction of sp³-hybridized carbons (Fsp3) is 0.429. The molecule has 1 amide bonds. The van der Waals surface area contributed by atoms with Gasteiger partial charge in [-0.3, -0.25) is 4.79 Å². The van der Waals surface area contributed by atoms with Crippen LogP contribution in [0.25, 0.3) is 0 Å². The fourth-order valence-electron chi connectivity index (χ4n) is 2.46. The van der Waals surface area contributed by atoms with Gasteiger partial charge in [0, 0.05) is 11.6 Å². The number of carboxylic acids is 1. The molecule has 1 aromatic carbocycles. The highest BCUT2D eigenvalue weighted by Gasteiger charge is 2.34. The van der Waals surface area contributed by atoms with Crippen molar-refractivity contribution in [3.8, 4) is 0 Å². The summed E-state index contributed by atoms with van der Waals surface area (Å²) >= 11 is 5.71. The van der Waals surface area contributed by atoms with E-state index >= 15 is 0 Å². The highest BCUT2D eigenvalue weighted by molar-refractivity contribution is 7.92. The number of rotatable bonds is 4. The average molecular weight is 346 g/mol. The Morgan fingerprint density at radius 2 is 1.86 bits per heavy atom. The number of carboxylic acid groups (broad SMARTS) is 1. The molecule has 0 aliphatic carbocycles. The molecule has 0 spiro atoms. The minimum atomic E-state index is -3.82. The van der Waals surface area contributed by atoms with Crippen LogP contribution < -0.4 is 0 Å². The maximum Gasteiger partial charge on any atom is 0.326 e. The number of carbonyl (C=O) groups excluding carboxylic acids is 1. The average Bonchev–Trinajstić information content (AvgIpc) is 2.47. The molecule has 2 rings (SSSR count). The van der Waals surface area contributed by atoms with Crippen LogP contribution in [0.3, 0.4) is 0 Å². The molecule has 8 heteroatoms. The quantitative estimate of drug-likeness (QED) is 0.894. The Bertz CT molecular complexity index is 671. The number of amides is 1. The molecule has 1 aromatic rings. The molecular formula is C14H16ClNO5S. The van der Waals surface area contributed by atoms with E-state index < -0.39 is 33.5 Å². The van der Waals surface area contributed by atoms with Gasteiger partial charge >= 0.3 is 5.97 Å². The van der Waals surface area contributed by atoms with Crippen LogP contribution in [-0.4, -0.2) is 48.6 Å². The molecule has 6 nitrogen and oxygen atoms in total. The third-order valence-corrected chi connectivity index (χ3v) is 5.46. The smallest absolute Gasteiger partial charge is 0.326 e. The van der Waals surface area contributed by atoms with Crippen molar-refractivity contribution >= 4 is 33.3 Å². The second-order valence-corrected chi connectivity index (χ2v) is 7.58. The molecule has 1 saturated heterocycles. The molecule has 0 radical (unpaired) electrons. The second kappa shape index (κ2) is 6.66. The van der Waals surface area contributed by atoms with Gasteiger partial charge < -0.3 is 10.0 Å². The summed E-state index contributed by atoms with van der Waals surface area (Å²) in [6.45, 7) is 0.270. The maximum atomic E-state index is 12.2. The summed E-state index contributed by atoms with van der Waals surface area (Å²) in [6.07, 6.45) is 1.74. The van der Waals surface area contributed by atoms with E-state index in [1.807, 2.05) is 0 Å². The first-order chi connectivity index (χ1) is 10.3. The predicted molar refractivity (Wildman–Crippen MR) is 80.5 cm³/mol. The van der Waals surface area contributed by atoms with Crippen LogP contribution in [0, 0.1) is 0 Å². The van der Waals surface area contributed by atoms with Crippen LogP contribution in [0.5, 0.6) is 0 Å². The molecule has 0 bridgehead atoms. The Hall–Kier alpha value is -1.60. The van der Waals surface area contributed by atoms with Gasteiger partial charge in [0.05, 0.1) is 4.90 Å². The Balaban J connectivity index is 2.16. The summed E-state index contributed by atoms with van der Waals surface area (Å²) in [5, 5.41) is 9.54. The van der Waals surface area contributed by atoms with Gasteiger partial charge in [-0.05, 0) is 43.5 Å². The number of benzene rings is 1. The summed E-state index contributed by atoms with van der Waals surface area (Å²) < 4.78 is 24.5. The van der Waals surface area contributed by atoms with Crippen LogP contribution in [0.2, 0.25) is 5.02 Å². The number of carbonyl (C=O) groups is 2. The van der Waals surface area contributed by atoms with E-state index in [-0.39, 0.29) is 11.4 Å². The summed E-state index contributed by atoms with van der Waals surface area (Å²) in [6, 6.07) is 4.58. The Morgan fingerprint density at radius 1 is 1.23 bits per heavy atom. The summed E-state index contributed by atoms with van der Waals surface area (Å²) in [5.74, 6) is -2.52. The Labute approximate surface area is 133 Å². The topological polar surface area (TPSA) is 91.8 Å². The van der Waals surface area contributed by atoms with Gasteiger partial charge in [-0.1, -0.05) is 11.6 Å². The van der Waals surface area contributed by atoms with Gasteiger partial charge in [0.15, 0.2) is 9.84 Å². The van der Waals surface area contributed by atoms with Crippen molar-refractivity contribution in [1.82, 2.24) is 4.90 Å². The standard InChI is InChI=1S/C14H16ClNO5S/c15-10-4-6-11(7-5-10)22(20,21)9-13(17)16-8-2-1-3-12(16)14(18)19/h4-7,12H,1-3,8-9H2,(H,18,19). The normalized spacial score (nSPS) is 19.0. The van der Waals surface area contributed by atoms with Crippen LogP contribution in [0.15, 0.2) is 29.2 Å². The molecule has 22 heavy (non-hydrogen) atoms.